The summed E-state index contributed by atoms with van der Waals surface area (Å²) in [6.45, 7) is 0.194. The summed E-state index contributed by atoms with van der Waals surface area (Å²) in [5.41, 5.74) is 1.38. The molecule has 0 saturated heterocycles. The van der Waals surface area contributed by atoms with Gasteiger partial charge in [-0.1, -0.05) is 35.3 Å². The van der Waals surface area contributed by atoms with Gasteiger partial charge in [-0.05, 0) is 35.9 Å². The third-order valence-electron chi connectivity index (χ3n) is 3.04. The van der Waals surface area contributed by atoms with Gasteiger partial charge in [0, 0.05) is 21.7 Å². The quantitative estimate of drug-likeness (QED) is 0.767. The van der Waals surface area contributed by atoms with Gasteiger partial charge in [-0.25, -0.2) is 4.79 Å². The summed E-state index contributed by atoms with van der Waals surface area (Å²) >= 11 is 12.2. The average Bonchev–Trinajstić information content (AvgIpc) is 2.53. The van der Waals surface area contributed by atoms with E-state index in [0.717, 1.165) is 6.08 Å². The molecule has 0 bridgehead atoms. The van der Waals surface area contributed by atoms with Crippen LogP contribution in [0.4, 0.5) is 0 Å². The van der Waals surface area contributed by atoms with Gasteiger partial charge in [-0.15, -0.1) is 0 Å². The van der Waals surface area contributed by atoms with Gasteiger partial charge < -0.3 is 14.6 Å². The first kappa shape index (κ1) is 17.2. The zero-order valence-electron chi connectivity index (χ0n) is 12.3. The minimum absolute atomic E-state index is 0.194. The fraction of sp³-hybridized carbons (Fsp3) is 0.118. The summed E-state index contributed by atoms with van der Waals surface area (Å²) in [6, 6.07) is 10.4. The van der Waals surface area contributed by atoms with Gasteiger partial charge in [0.15, 0.2) is 11.5 Å². The van der Waals surface area contributed by atoms with Crippen LogP contribution < -0.4 is 9.47 Å². The van der Waals surface area contributed by atoms with Crippen LogP contribution in [0.3, 0.4) is 0 Å². The van der Waals surface area contributed by atoms with Crippen LogP contribution in [-0.4, -0.2) is 18.2 Å². The second kappa shape index (κ2) is 7.90. The molecule has 2 rings (SSSR count). The fourth-order valence-electron chi connectivity index (χ4n) is 1.89. The summed E-state index contributed by atoms with van der Waals surface area (Å²) < 4.78 is 11.0. The van der Waals surface area contributed by atoms with Crippen LogP contribution in [0, 0.1) is 0 Å². The lowest BCUT2D eigenvalue weighted by molar-refractivity contribution is -0.131. The molecule has 0 spiro atoms. The third kappa shape index (κ3) is 4.65. The van der Waals surface area contributed by atoms with E-state index in [-0.39, 0.29) is 6.61 Å². The van der Waals surface area contributed by atoms with E-state index in [2.05, 4.69) is 0 Å². The molecule has 0 radical (unpaired) electrons. The Kier molecular flexibility index (Phi) is 5.90. The number of benzene rings is 2. The molecule has 0 fully saturated rings. The minimum atomic E-state index is -1.02. The molecule has 1 N–H and O–H groups in total. The van der Waals surface area contributed by atoms with Crippen LogP contribution in [0.2, 0.25) is 10.0 Å². The summed E-state index contributed by atoms with van der Waals surface area (Å²) in [7, 11) is 1.51. The SMILES string of the molecule is COc1cc(/C=C/C(=O)O)ccc1OCc1c(Cl)cccc1Cl. The van der Waals surface area contributed by atoms with E-state index in [1.807, 2.05) is 0 Å². The van der Waals surface area contributed by atoms with E-state index in [1.165, 1.54) is 13.2 Å². The van der Waals surface area contributed by atoms with Crippen molar-refractivity contribution in [3.05, 3.63) is 63.6 Å². The van der Waals surface area contributed by atoms with Crippen LogP contribution in [0.5, 0.6) is 11.5 Å². The maximum atomic E-state index is 10.5. The monoisotopic (exact) mass is 352 g/mol. The molecular weight excluding hydrogens is 339 g/mol. The third-order valence-corrected chi connectivity index (χ3v) is 3.75. The molecule has 0 aliphatic carbocycles. The average molecular weight is 353 g/mol. The highest BCUT2D eigenvalue weighted by atomic mass is 35.5. The standard InChI is InChI=1S/C17H14Cl2O4/c1-22-16-9-11(6-8-17(20)21)5-7-15(16)23-10-12-13(18)3-2-4-14(12)19/h2-9H,10H2,1H3,(H,20,21)/b8-6+. The first-order valence-corrected chi connectivity index (χ1v) is 7.41. The molecule has 23 heavy (non-hydrogen) atoms. The molecule has 0 aromatic heterocycles. The minimum Gasteiger partial charge on any atom is -0.493 e. The van der Waals surface area contributed by atoms with E-state index < -0.39 is 5.97 Å². The number of aliphatic carboxylic acids is 1. The molecule has 0 heterocycles. The Morgan fingerprint density at radius 2 is 1.87 bits per heavy atom. The van der Waals surface area contributed by atoms with E-state index in [0.29, 0.717) is 32.7 Å². The number of carbonyl (C=O) groups is 1. The highest BCUT2D eigenvalue weighted by molar-refractivity contribution is 6.35. The highest BCUT2D eigenvalue weighted by Gasteiger charge is 2.09. The van der Waals surface area contributed by atoms with Crippen LogP contribution in [0.15, 0.2) is 42.5 Å². The smallest absolute Gasteiger partial charge is 0.328 e. The second-order valence-corrected chi connectivity index (χ2v) is 5.39. The number of methoxy groups -OCH3 is 1. The van der Waals surface area contributed by atoms with Gasteiger partial charge in [-0.2, -0.15) is 0 Å². The molecule has 120 valence electrons. The Hall–Kier alpha value is -2.17. The lowest BCUT2D eigenvalue weighted by atomic mass is 10.2. The fourth-order valence-corrected chi connectivity index (χ4v) is 2.40. The predicted molar refractivity (Wildman–Crippen MR) is 90.5 cm³/mol. The lowest BCUT2D eigenvalue weighted by Crippen LogP contribution is -1.99. The molecule has 0 amide bonds. The Labute approximate surface area is 143 Å². The molecule has 2 aromatic rings. The zero-order valence-corrected chi connectivity index (χ0v) is 13.8. The van der Waals surface area contributed by atoms with E-state index >= 15 is 0 Å². The van der Waals surface area contributed by atoms with E-state index in [1.54, 1.807) is 36.4 Å². The summed E-state index contributed by atoms with van der Waals surface area (Å²) in [5.74, 6) is -0.0191. The van der Waals surface area contributed by atoms with Crippen molar-refractivity contribution in [3.63, 3.8) is 0 Å². The zero-order chi connectivity index (χ0) is 16.8. The maximum Gasteiger partial charge on any atom is 0.328 e. The second-order valence-electron chi connectivity index (χ2n) is 4.57. The molecule has 0 aliphatic heterocycles. The van der Waals surface area contributed by atoms with Gasteiger partial charge in [-0.3, -0.25) is 0 Å². The number of halogens is 2. The molecular formula is C17H14Cl2O4. The van der Waals surface area contributed by atoms with Crippen molar-refractivity contribution in [2.45, 2.75) is 6.61 Å². The highest BCUT2D eigenvalue weighted by Crippen LogP contribution is 2.31. The maximum absolute atomic E-state index is 10.5. The van der Waals surface area contributed by atoms with Crippen molar-refractivity contribution in [2.24, 2.45) is 0 Å². The summed E-state index contributed by atoms with van der Waals surface area (Å²) in [5, 5.41) is 9.70. The first-order valence-electron chi connectivity index (χ1n) is 6.66. The molecule has 6 heteroatoms. The molecule has 0 unspecified atom stereocenters. The Morgan fingerprint density at radius 1 is 1.17 bits per heavy atom. The largest absolute Gasteiger partial charge is 0.493 e. The molecule has 0 aliphatic rings. The Bertz CT molecular complexity index is 721. The van der Waals surface area contributed by atoms with Crippen LogP contribution in [-0.2, 0) is 11.4 Å². The van der Waals surface area contributed by atoms with Gasteiger partial charge in [0.25, 0.3) is 0 Å². The van der Waals surface area contributed by atoms with Crippen LogP contribution >= 0.6 is 23.2 Å². The molecule has 0 saturated carbocycles. The number of carboxylic acids is 1. The van der Waals surface area contributed by atoms with Gasteiger partial charge >= 0.3 is 5.97 Å². The first-order chi connectivity index (χ1) is 11.0. The van der Waals surface area contributed by atoms with Gasteiger partial charge in [0.2, 0.25) is 0 Å². The summed E-state index contributed by atoms with van der Waals surface area (Å²) in [6.07, 6.45) is 2.53. The number of hydrogen-bond acceptors (Lipinski definition) is 3. The molecule has 4 nitrogen and oxygen atoms in total. The summed E-state index contributed by atoms with van der Waals surface area (Å²) in [4.78, 5) is 10.5. The van der Waals surface area contributed by atoms with Gasteiger partial charge in [0.1, 0.15) is 6.61 Å². The Morgan fingerprint density at radius 3 is 2.48 bits per heavy atom. The topological polar surface area (TPSA) is 55.8 Å². The number of rotatable bonds is 6. The number of hydrogen-bond donors (Lipinski definition) is 1. The van der Waals surface area contributed by atoms with Crippen molar-refractivity contribution < 1.29 is 19.4 Å². The van der Waals surface area contributed by atoms with Gasteiger partial charge in [0.05, 0.1) is 7.11 Å². The van der Waals surface area contributed by atoms with Crippen molar-refractivity contribution in [3.8, 4) is 11.5 Å². The Balaban J connectivity index is 2.18. The number of ether oxygens (including phenoxy) is 2. The van der Waals surface area contributed by atoms with E-state index in [9.17, 15) is 4.79 Å². The van der Waals surface area contributed by atoms with Crippen molar-refractivity contribution in [1.82, 2.24) is 0 Å². The van der Waals surface area contributed by atoms with Crippen molar-refractivity contribution >= 4 is 35.2 Å². The predicted octanol–water partition coefficient (Wildman–Crippen LogP) is 4.68. The van der Waals surface area contributed by atoms with Crippen LogP contribution in [0.1, 0.15) is 11.1 Å². The molecule has 2 aromatic carbocycles. The number of carboxylic acid groups (broad SMARTS) is 1. The normalized spacial score (nSPS) is 10.7. The lowest BCUT2D eigenvalue weighted by Gasteiger charge is -2.13. The van der Waals surface area contributed by atoms with Crippen molar-refractivity contribution in [2.75, 3.05) is 7.11 Å². The molecule has 0 atom stereocenters. The van der Waals surface area contributed by atoms with E-state index in [4.69, 9.17) is 37.8 Å². The van der Waals surface area contributed by atoms with Crippen LogP contribution in [0.25, 0.3) is 6.08 Å². The van der Waals surface area contributed by atoms with Crippen molar-refractivity contribution in [1.29, 1.82) is 0 Å².